The van der Waals surface area contributed by atoms with Gasteiger partial charge in [-0.1, -0.05) is 18.2 Å². The first-order chi connectivity index (χ1) is 7.78. The van der Waals surface area contributed by atoms with E-state index >= 15 is 0 Å². The molecule has 0 radical (unpaired) electrons. The lowest BCUT2D eigenvalue weighted by Gasteiger charge is -2.38. The molecule has 0 aliphatic heterocycles. The molecule has 1 aromatic carbocycles. The van der Waals surface area contributed by atoms with Crippen molar-refractivity contribution in [1.29, 1.82) is 0 Å². The van der Waals surface area contributed by atoms with Crippen molar-refractivity contribution in [1.82, 2.24) is 20.6 Å². The minimum atomic E-state index is -0.139. The van der Waals surface area contributed by atoms with Gasteiger partial charge in [0.05, 0.1) is 0 Å². The molecule has 0 bridgehead atoms. The Kier molecular flexibility index (Phi) is 2.00. The molecule has 5 heteroatoms. The van der Waals surface area contributed by atoms with Gasteiger partial charge in [0.2, 0.25) is 5.82 Å². The van der Waals surface area contributed by atoms with Crippen LogP contribution in [0.25, 0.3) is 11.4 Å². The molecular formula is C11H13N5. The molecule has 82 valence electrons. The predicted molar refractivity (Wildman–Crippen MR) is 59.3 cm³/mol. The van der Waals surface area contributed by atoms with Crippen LogP contribution in [0, 0.1) is 0 Å². The van der Waals surface area contributed by atoms with Crippen molar-refractivity contribution < 1.29 is 0 Å². The first-order valence-electron chi connectivity index (χ1n) is 5.41. The zero-order valence-electron chi connectivity index (χ0n) is 8.85. The monoisotopic (exact) mass is 215 g/mol. The number of nitrogens with two attached hydrogens (primary N) is 1. The molecule has 1 saturated carbocycles. The molecular weight excluding hydrogens is 202 g/mol. The van der Waals surface area contributed by atoms with Crippen LogP contribution in [0.4, 0.5) is 0 Å². The second-order valence-electron chi connectivity index (χ2n) is 4.33. The molecule has 1 aliphatic carbocycles. The maximum Gasteiger partial charge on any atom is 0.204 e. The Morgan fingerprint density at radius 3 is 2.81 bits per heavy atom. The van der Waals surface area contributed by atoms with Crippen molar-refractivity contribution in [2.75, 3.05) is 0 Å². The molecule has 3 rings (SSSR count). The van der Waals surface area contributed by atoms with Crippen molar-refractivity contribution in [3.8, 4) is 11.4 Å². The summed E-state index contributed by atoms with van der Waals surface area (Å²) in [6.07, 6.45) is 3.33. The summed E-state index contributed by atoms with van der Waals surface area (Å²) in [6.45, 7) is 0. The molecule has 0 amide bonds. The third-order valence-corrected chi connectivity index (χ3v) is 3.29. The molecule has 3 N–H and O–H groups in total. The highest BCUT2D eigenvalue weighted by atomic mass is 15.5. The summed E-state index contributed by atoms with van der Waals surface area (Å²) in [5.74, 6) is 0.616. The summed E-state index contributed by atoms with van der Waals surface area (Å²) in [5, 5.41) is 13.9. The first kappa shape index (κ1) is 9.47. The third-order valence-electron chi connectivity index (χ3n) is 3.29. The Hall–Kier alpha value is -1.75. The Balaban J connectivity index is 2.00. The SMILES string of the molecule is NC1(c2cccc(-c3nn[nH]n3)c2)CCC1. The number of nitrogens with one attached hydrogen (secondary N) is 1. The van der Waals surface area contributed by atoms with Crippen molar-refractivity contribution >= 4 is 0 Å². The fourth-order valence-corrected chi connectivity index (χ4v) is 2.10. The molecule has 1 aliphatic rings. The third kappa shape index (κ3) is 1.40. The molecule has 0 unspecified atom stereocenters. The van der Waals surface area contributed by atoms with Crippen molar-refractivity contribution in [3.05, 3.63) is 29.8 Å². The molecule has 1 fully saturated rings. The van der Waals surface area contributed by atoms with Gasteiger partial charge in [-0.3, -0.25) is 0 Å². The average molecular weight is 215 g/mol. The number of aromatic nitrogens is 4. The number of tetrazole rings is 1. The first-order valence-corrected chi connectivity index (χ1v) is 5.41. The van der Waals surface area contributed by atoms with Gasteiger partial charge in [-0.05, 0) is 36.1 Å². The molecule has 16 heavy (non-hydrogen) atoms. The molecule has 0 spiro atoms. The predicted octanol–water partition coefficient (Wildman–Crippen LogP) is 1.20. The highest BCUT2D eigenvalue weighted by Crippen LogP contribution is 2.39. The molecule has 1 aromatic heterocycles. The maximum atomic E-state index is 6.28. The Labute approximate surface area is 93.1 Å². The number of rotatable bonds is 2. The fraction of sp³-hybridized carbons (Fsp3) is 0.364. The summed E-state index contributed by atoms with van der Waals surface area (Å²) in [5.41, 5.74) is 8.27. The van der Waals surface area contributed by atoms with Gasteiger partial charge in [0.15, 0.2) is 0 Å². The summed E-state index contributed by atoms with van der Waals surface area (Å²) < 4.78 is 0. The highest BCUT2D eigenvalue weighted by molar-refractivity contribution is 5.56. The van der Waals surface area contributed by atoms with E-state index in [1.54, 1.807) is 0 Å². The van der Waals surface area contributed by atoms with Gasteiger partial charge in [-0.15, -0.1) is 10.2 Å². The lowest BCUT2D eigenvalue weighted by molar-refractivity contribution is 0.253. The molecule has 0 saturated heterocycles. The Morgan fingerprint density at radius 1 is 1.31 bits per heavy atom. The van der Waals surface area contributed by atoms with Crippen LogP contribution >= 0.6 is 0 Å². The second kappa shape index (κ2) is 3.38. The molecule has 0 atom stereocenters. The Bertz CT molecular complexity index is 487. The lowest BCUT2D eigenvalue weighted by Crippen LogP contribution is -2.43. The summed E-state index contributed by atoms with van der Waals surface area (Å²) in [4.78, 5) is 0. The number of benzene rings is 1. The fourth-order valence-electron chi connectivity index (χ4n) is 2.10. The summed E-state index contributed by atoms with van der Waals surface area (Å²) in [7, 11) is 0. The second-order valence-corrected chi connectivity index (χ2v) is 4.33. The van der Waals surface area contributed by atoms with E-state index in [9.17, 15) is 0 Å². The number of aromatic amines is 1. The van der Waals surface area contributed by atoms with Crippen LogP contribution in [0.5, 0.6) is 0 Å². The van der Waals surface area contributed by atoms with E-state index < -0.39 is 0 Å². The molecule has 5 nitrogen and oxygen atoms in total. The van der Waals surface area contributed by atoms with Crippen molar-refractivity contribution in [2.24, 2.45) is 5.73 Å². The van der Waals surface area contributed by atoms with Gasteiger partial charge in [0.1, 0.15) is 0 Å². The van der Waals surface area contributed by atoms with Gasteiger partial charge in [0.25, 0.3) is 0 Å². The van der Waals surface area contributed by atoms with E-state index in [1.165, 1.54) is 12.0 Å². The standard InChI is InChI=1S/C11H13N5/c12-11(5-2-6-11)9-4-1-3-8(7-9)10-13-15-16-14-10/h1,3-4,7H,2,5-6,12H2,(H,13,14,15,16). The van der Waals surface area contributed by atoms with Crippen LogP contribution in [0.15, 0.2) is 24.3 Å². The van der Waals surface area contributed by atoms with Crippen LogP contribution < -0.4 is 5.73 Å². The molecule has 2 aromatic rings. The van der Waals surface area contributed by atoms with E-state index in [-0.39, 0.29) is 5.54 Å². The minimum absolute atomic E-state index is 0.139. The summed E-state index contributed by atoms with van der Waals surface area (Å²) >= 11 is 0. The maximum absolute atomic E-state index is 6.28. The van der Waals surface area contributed by atoms with Gasteiger partial charge >= 0.3 is 0 Å². The number of nitrogens with zero attached hydrogens (tertiary/aromatic N) is 3. The van der Waals surface area contributed by atoms with E-state index in [4.69, 9.17) is 5.73 Å². The van der Waals surface area contributed by atoms with Gasteiger partial charge < -0.3 is 5.73 Å². The number of H-pyrrole nitrogens is 1. The minimum Gasteiger partial charge on any atom is -0.321 e. The molecule has 1 heterocycles. The lowest BCUT2D eigenvalue weighted by atomic mass is 9.72. The highest BCUT2D eigenvalue weighted by Gasteiger charge is 2.34. The van der Waals surface area contributed by atoms with Crippen LogP contribution in [0.3, 0.4) is 0 Å². The zero-order valence-corrected chi connectivity index (χ0v) is 8.85. The van der Waals surface area contributed by atoms with Gasteiger partial charge in [-0.2, -0.15) is 5.21 Å². The van der Waals surface area contributed by atoms with Crippen molar-refractivity contribution in [2.45, 2.75) is 24.8 Å². The summed E-state index contributed by atoms with van der Waals surface area (Å²) in [6, 6.07) is 8.09. The number of hydrogen-bond donors (Lipinski definition) is 2. The van der Waals surface area contributed by atoms with Crippen LogP contribution in [0.1, 0.15) is 24.8 Å². The average Bonchev–Trinajstić information content (AvgIpc) is 2.79. The topological polar surface area (TPSA) is 80.5 Å². The van der Waals surface area contributed by atoms with E-state index in [0.717, 1.165) is 18.4 Å². The smallest absolute Gasteiger partial charge is 0.204 e. The normalized spacial score (nSPS) is 18.1. The van der Waals surface area contributed by atoms with E-state index in [1.807, 2.05) is 12.1 Å². The van der Waals surface area contributed by atoms with Crippen molar-refractivity contribution in [3.63, 3.8) is 0 Å². The largest absolute Gasteiger partial charge is 0.321 e. The number of hydrogen-bond acceptors (Lipinski definition) is 4. The zero-order chi connectivity index (χ0) is 11.0. The van der Waals surface area contributed by atoms with E-state index in [2.05, 4.69) is 32.8 Å². The van der Waals surface area contributed by atoms with Crippen LogP contribution in [-0.2, 0) is 5.54 Å². The quantitative estimate of drug-likeness (QED) is 0.788. The Morgan fingerprint density at radius 2 is 2.19 bits per heavy atom. The van der Waals surface area contributed by atoms with Gasteiger partial charge in [0, 0.05) is 11.1 Å². The van der Waals surface area contributed by atoms with Gasteiger partial charge in [-0.25, -0.2) is 0 Å². The van der Waals surface area contributed by atoms with E-state index in [0.29, 0.717) is 5.82 Å². The van der Waals surface area contributed by atoms with Crippen LogP contribution in [-0.4, -0.2) is 20.6 Å². The van der Waals surface area contributed by atoms with Crippen LogP contribution in [0.2, 0.25) is 0 Å².